The van der Waals surface area contributed by atoms with E-state index in [9.17, 15) is 0 Å². The molecular formula is C18H23N3O. The summed E-state index contributed by atoms with van der Waals surface area (Å²) in [6.07, 6.45) is 7.40. The van der Waals surface area contributed by atoms with E-state index in [0.29, 0.717) is 12.0 Å². The van der Waals surface area contributed by atoms with Crippen molar-refractivity contribution >= 4 is 0 Å². The average Bonchev–Trinajstić information content (AvgIpc) is 3.30. The summed E-state index contributed by atoms with van der Waals surface area (Å²) in [6.45, 7) is 1.94. The fourth-order valence-electron chi connectivity index (χ4n) is 3.38. The third-order valence-corrected chi connectivity index (χ3v) is 4.81. The van der Waals surface area contributed by atoms with Gasteiger partial charge >= 0.3 is 0 Å². The van der Waals surface area contributed by atoms with Gasteiger partial charge in [0.2, 0.25) is 11.8 Å². The number of piperidine rings is 1. The first-order valence-electron chi connectivity index (χ1n) is 8.49. The second-order valence-electron chi connectivity index (χ2n) is 6.62. The Kier molecular flexibility index (Phi) is 3.94. The van der Waals surface area contributed by atoms with Gasteiger partial charge in [-0.1, -0.05) is 36.8 Å². The Balaban J connectivity index is 1.43. The van der Waals surface area contributed by atoms with E-state index in [1.165, 1.54) is 37.7 Å². The van der Waals surface area contributed by atoms with Crippen molar-refractivity contribution in [2.45, 2.75) is 57.0 Å². The zero-order valence-corrected chi connectivity index (χ0v) is 12.9. The van der Waals surface area contributed by atoms with E-state index in [2.05, 4.69) is 45.4 Å². The number of nitrogens with zero attached hydrogens (tertiary/aromatic N) is 3. The number of benzene rings is 1. The van der Waals surface area contributed by atoms with Gasteiger partial charge in [-0.25, -0.2) is 0 Å². The molecule has 4 nitrogen and oxygen atoms in total. The maximum absolute atomic E-state index is 5.84. The molecular weight excluding hydrogens is 274 g/mol. The molecule has 0 radical (unpaired) electrons. The van der Waals surface area contributed by atoms with Crippen LogP contribution in [-0.4, -0.2) is 27.7 Å². The fraction of sp³-hybridized carbons (Fsp3) is 0.556. The van der Waals surface area contributed by atoms with Crippen LogP contribution >= 0.6 is 0 Å². The molecule has 0 spiro atoms. The van der Waals surface area contributed by atoms with Gasteiger partial charge < -0.3 is 4.42 Å². The zero-order chi connectivity index (χ0) is 14.8. The highest BCUT2D eigenvalue weighted by atomic mass is 16.4. The predicted molar refractivity (Wildman–Crippen MR) is 84.5 cm³/mol. The van der Waals surface area contributed by atoms with Gasteiger partial charge in [-0.2, -0.15) is 0 Å². The quantitative estimate of drug-likeness (QED) is 0.846. The molecule has 1 saturated heterocycles. The third-order valence-electron chi connectivity index (χ3n) is 4.81. The van der Waals surface area contributed by atoms with Crippen LogP contribution in [0.1, 0.15) is 55.4 Å². The Bertz CT molecular complexity index is 606. The van der Waals surface area contributed by atoms with Crippen LogP contribution in [0.25, 0.3) is 0 Å². The van der Waals surface area contributed by atoms with Crippen molar-refractivity contribution in [2.75, 3.05) is 6.54 Å². The van der Waals surface area contributed by atoms with Gasteiger partial charge in [0.25, 0.3) is 0 Å². The van der Waals surface area contributed by atoms with E-state index in [1.54, 1.807) is 0 Å². The molecule has 2 aliphatic rings. The minimum Gasteiger partial charge on any atom is -0.424 e. The molecule has 1 aliphatic carbocycles. The molecule has 116 valence electrons. The number of aromatic nitrogens is 2. The third kappa shape index (κ3) is 3.22. The molecule has 1 aliphatic heterocycles. The Morgan fingerprint density at radius 1 is 1.05 bits per heavy atom. The van der Waals surface area contributed by atoms with Gasteiger partial charge in [0.15, 0.2) is 0 Å². The summed E-state index contributed by atoms with van der Waals surface area (Å²) in [4.78, 5) is 2.53. The van der Waals surface area contributed by atoms with Crippen LogP contribution in [-0.2, 0) is 13.0 Å². The molecule has 2 aromatic rings. The lowest BCUT2D eigenvalue weighted by atomic mass is 9.95. The number of hydrogen-bond acceptors (Lipinski definition) is 4. The highest BCUT2D eigenvalue weighted by Crippen LogP contribution is 2.39. The first-order valence-corrected chi connectivity index (χ1v) is 8.49. The van der Waals surface area contributed by atoms with Crippen molar-refractivity contribution in [3.63, 3.8) is 0 Å². The summed E-state index contributed by atoms with van der Waals surface area (Å²) in [5, 5.41) is 8.46. The second kappa shape index (κ2) is 6.21. The molecule has 2 fully saturated rings. The minimum atomic E-state index is 0.544. The van der Waals surface area contributed by atoms with Gasteiger partial charge in [0, 0.05) is 12.0 Å². The SMILES string of the molecule is c1ccc(C[C@H]2CCCCN2Cc2nnc(C3CC3)o2)cc1. The van der Waals surface area contributed by atoms with Gasteiger partial charge in [-0.15, -0.1) is 10.2 Å². The summed E-state index contributed by atoms with van der Waals surface area (Å²) in [6, 6.07) is 11.4. The van der Waals surface area contributed by atoms with Crippen LogP contribution in [0.5, 0.6) is 0 Å². The monoisotopic (exact) mass is 297 g/mol. The molecule has 1 aromatic carbocycles. The van der Waals surface area contributed by atoms with Crippen molar-refractivity contribution in [2.24, 2.45) is 0 Å². The van der Waals surface area contributed by atoms with Crippen LogP contribution in [0.2, 0.25) is 0 Å². The predicted octanol–water partition coefficient (Wildman–Crippen LogP) is 3.54. The summed E-state index contributed by atoms with van der Waals surface area (Å²) < 4.78 is 5.84. The average molecular weight is 297 g/mol. The van der Waals surface area contributed by atoms with Crippen LogP contribution in [0.15, 0.2) is 34.7 Å². The van der Waals surface area contributed by atoms with E-state index in [1.807, 2.05) is 0 Å². The summed E-state index contributed by atoms with van der Waals surface area (Å²) in [5.74, 6) is 2.19. The van der Waals surface area contributed by atoms with Crippen LogP contribution < -0.4 is 0 Å². The first kappa shape index (κ1) is 13.9. The second-order valence-corrected chi connectivity index (χ2v) is 6.62. The molecule has 0 bridgehead atoms. The molecule has 4 heteroatoms. The highest BCUT2D eigenvalue weighted by Gasteiger charge is 2.30. The first-order chi connectivity index (χ1) is 10.9. The molecule has 1 saturated carbocycles. The van der Waals surface area contributed by atoms with Gasteiger partial charge in [-0.05, 0) is 44.2 Å². The molecule has 1 aromatic heterocycles. The summed E-state index contributed by atoms with van der Waals surface area (Å²) in [5.41, 5.74) is 1.42. The Morgan fingerprint density at radius 3 is 2.73 bits per heavy atom. The Morgan fingerprint density at radius 2 is 1.91 bits per heavy atom. The number of rotatable bonds is 5. The maximum Gasteiger partial charge on any atom is 0.230 e. The van der Waals surface area contributed by atoms with Crippen molar-refractivity contribution in [1.82, 2.24) is 15.1 Å². The topological polar surface area (TPSA) is 42.2 Å². The van der Waals surface area contributed by atoms with Crippen molar-refractivity contribution in [3.05, 3.63) is 47.7 Å². The van der Waals surface area contributed by atoms with E-state index >= 15 is 0 Å². The van der Waals surface area contributed by atoms with Crippen LogP contribution in [0.3, 0.4) is 0 Å². The minimum absolute atomic E-state index is 0.544. The summed E-state index contributed by atoms with van der Waals surface area (Å²) >= 11 is 0. The van der Waals surface area contributed by atoms with Crippen LogP contribution in [0, 0.1) is 0 Å². The van der Waals surface area contributed by atoms with Gasteiger partial charge in [0.1, 0.15) is 0 Å². The smallest absolute Gasteiger partial charge is 0.230 e. The fourth-order valence-corrected chi connectivity index (χ4v) is 3.38. The normalized spacial score (nSPS) is 22.8. The number of hydrogen-bond donors (Lipinski definition) is 0. The molecule has 22 heavy (non-hydrogen) atoms. The standard InChI is InChI=1S/C18H23N3O/c1-2-6-14(7-3-1)12-16-8-4-5-11-21(16)13-17-19-20-18(22-17)15-9-10-15/h1-3,6-7,15-16H,4-5,8-13H2/t16-/m1/s1. The molecule has 0 unspecified atom stereocenters. The van der Waals surface area contributed by atoms with E-state index in [0.717, 1.165) is 31.3 Å². The molecule has 0 amide bonds. The van der Waals surface area contributed by atoms with Gasteiger partial charge in [0.05, 0.1) is 6.54 Å². The molecule has 4 rings (SSSR count). The van der Waals surface area contributed by atoms with Crippen molar-refractivity contribution in [1.29, 1.82) is 0 Å². The maximum atomic E-state index is 5.84. The zero-order valence-electron chi connectivity index (χ0n) is 12.9. The molecule has 0 N–H and O–H groups in total. The van der Waals surface area contributed by atoms with E-state index < -0.39 is 0 Å². The van der Waals surface area contributed by atoms with E-state index in [-0.39, 0.29) is 0 Å². The number of likely N-dealkylation sites (tertiary alicyclic amines) is 1. The van der Waals surface area contributed by atoms with E-state index in [4.69, 9.17) is 4.42 Å². The van der Waals surface area contributed by atoms with Crippen molar-refractivity contribution in [3.8, 4) is 0 Å². The summed E-state index contributed by atoms with van der Waals surface area (Å²) in [7, 11) is 0. The molecule has 1 atom stereocenters. The van der Waals surface area contributed by atoms with Crippen molar-refractivity contribution < 1.29 is 4.42 Å². The van der Waals surface area contributed by atoms with Gasteiger partial charge in [-0.3, -0.25) is 4.90 Å². The largest absolute Gasteiger partial charge is 0.424 e. The van der Waals surface area contributed by atoms with Crippen LogP contribution in [0.4, 0.5) is 0 Å². The lowest BCUT2D eigenvalue weighted by molar-refractivity contribution is 0.126. The lowest BCUT2D eigenvalue weighted by Crippen LogP contribution is -2.40. The molecule has 2 heterocycles. The Hall–Kier alpha value is -1.68. The Labute approximate surface area is 131 Å². The highest BCUT2D eigenvalue weighted by molar-refractivity contribution is 5.16. The lowest BCUT2D eigenvalue weighted by Gasteiger charge is -2.34.